The summed E-state index contributed by atoms with van der Waals surface area (Å²) in [5.41, 5.74) is 5.18. The molecule has 1 atom stereocenters. The highest BCUT2D eigenvalue weighted by atomic mass is 16.2. The van der Waals surface area contributed by atoms with Gasteiger partial charge in [0, 0.05) is 6.54 Å². The smallest absolute Gasteiger partial charge is 0.240 e. The van der Waals surface area contributed by atoms with Crippen LogP contribution in [0.1, 0.15) is 46.0 Å². The van der Waals surface area contributed by atoms with Crippen LogP contribution in [0.25, 0.3) is 0 Å². The molecule has 2 amide bonds. The van der Waals surface area contributed by atoms with E-state index in [0.717, 1.165) is 38.1 Å². The first-order valence-electron chi connectivity index (χ1n) is 6.60. The number of amides is 2. The molecule has 1 aliphatic heterocycles. The number of likely N-dealkylation sites (tertiary alicyclic amines) is 1. The molecule has 0 aromatic rings. The van der Waals surface area contributed by atoms with Crippen LogP contribution in [-0.4, -0.2) is 29.3 Å². The quantitative estimate of drug-likeness (QED) is 0.753. The largest absolute Gasteiger partial charge is 0.368 e. The minimum atomic E-state index is -0.396. The molecule has 4 nitrogen and oxygen atoms in total. The lowest BCUT2D eigenvalue weighted by atomic mass is 9.65. The monoisotopic (exact) mass is 238 g/mol. The van der Waals surface area contributed by atoms with E-state index in [2.05, 4.69) is 6.92 Å². The maximum atomic E-state index is 12.3. The molecule has 1 saturated carbocycles. The fraction of sp³-hybridized carbons (Fsp3) is 0.846. The van der Waals surface area contributed by atoms with E-state index in [1.807, 2.05) is 6.92 Å². The Bertz CT molecular complexity index is 332. The molecule has 1 saturated heterocycles. The molecular formula is C13H22N2O2. The molecular weight excluding hydrogens is 216 g/mol. The van der Waals surface area contributed by atoms with Gasteiger partial charge in [0.1, 0.15) is 6.04 Å². The third-order valence-electron chi connectivity index (χ3n) is 4.51. The summed E-state index contributed by atoms with van der Waals surface area (Å²) in [5.74, 6) is 0.524. The van der Waals surface area contributed by atoms with Crippen molar-refractivity contribution in [1.82, 2.24) is 4.90 Å². The Hall–Kier alpha value is -1.06. The minimum absolute atomic E-state index is 0.143. The first kappa shape index (κ1) is 12.4. The summed E-state index contributed by atoms with van der Waals surface area (Å²) < 4.78 is 0. The summed E-state index contributed by atoms with van der Waals surface area (Å²) in [5, 5.41) is 0. The predicted molar refractivity (Wildman–Crippen MR) is 65.1 cm³/mol. The second kappa shape index (κ2) is 4.31. The van der Waals surface area contributed by atoms with Gasteiger partial charge >= 0.3 is 0 Å². The molecule has 2 fully saturated rings. The molecule has 0 aromatic carbocycles. The van der Waals surface area contributed by atoms with Gasteiger partial charge in [0.25, 0.3) is 0 Å². The number of hydrogen-bond donors (Lipinski definition) is 1. The Balaban J connectivity index is 2.01. The van der Waals surface area contributed by atoms with Crippen molar-refractivity contribution < 1.29 is 9.59 Å². The number of carbonyl (C=O) groups excluding carboxylic acids is 2. The van der Waals surface area contributed by atoms with Crippen LogP contribution in [-0.2, 0) is 9.59 Å². The summed E-state index contributed by atoms with van der Waals surface area (Å²) >= 11 is 0. The molecule has 0 bridgehead atoms. The van der Waals surface area contributed by atoms with Gasteiger partial charge in [-0.1, -0.05) is 13.8 Å². The van der Waals surface area contributed by atoms with Gasteiger partial charge in [-0.15, -0.1) is 0 Å². The van der Waals surface area contributed by atoms with Crippen LogP contribution in [0.15, 0.2) is 0 Å². The highest BCUT2D eigenvalue weighted by molar-refractivity contribution is 5.94. The molecule has 2 N–H and O–H groups in total. The highest BCUT2D eigenvalue weighted by Crippen LogP contribution is 2.47. The van der Waals surface area contributed by atoms with E-state index in [1.54, 1.807) is 4.90 Å². The Morgan fingerprint density at radius 2 is 2.12 bits per heavy atom. The molecule has 0 radical (unpaired) electrons. The number of β-lactam (4-membered cyclic amide) rings is 1. The lowest BCUT2D eigenvalue weighted by molar-refractivity contribution is -0.171. The van der Waals surface area contributed by atoms with Gasteiger partial charge in [-0.25, -0.2) is 0 Å². The fourth-order valence-electron chi connectivity index (χ4n) is 3.19. The average molecular weight is 238 g/mol. The van der Waals surface area contributed by atoms with Gasteiger partial charge in [-0.3, -0.25) is 9.59 Å². The molecule has 1 spiro atoms. The Morgan fingerprint density at radius 1 is 1.53 bits per heavy atom. The minimum Gasteiger partial charge on any atom is -0.368 e. The molecule has 0 aromatic heterocycles. The average Bonchev–Trinajstić information content (AvgIpc) is 2.30. The van der Waals surface area contributed by atoms with Crippen molar-refractivity contribution in [2.45, 2.75) is 52.0 Å². The SMILES string of the molecule is CCC(C(N)=O)N1CC2(CCC(C)CC2)C1=O. The van der Waals surface area contributed by atoms with Crippen LogP contribution in [0.2, 0.25) is 0 Å². The zero-order chi connectivity index (χ0) is 12.6. The highest BCUT2D eigenvalue weighted by Gasteiger charge is 2.55. The first-order valence-corrected chi connectivity index (χ1v) is 6.60. The number of carbonyl (C=O) groups is 2. The third-order valence-corrected chi connectivity index (χ3v) is 4.51. The van der Waals surface area contributed by atoms with E-state index in [9.17, 15) is 9.59 Å². The summed E-state index contributed by atoms with van der Waals surface area (Å²) in [6, 6.07) is -0.396. The van der Waals surface area contributed by atoms with Crippen molar-refractivity contribution in [3.63, 3.8) is 0 Å². The van der Waals surface area contributed by atoms with Crippen LogP contribution < -0.4 is 5.73 Å². The van der Waals surface area contributed by atoms with Gasteiger partial charge < -0.3 is 10.6 Å². The van der Waals surface area contributed by atoms with Crippen molar-refractivity contribution >= 4 is 11.8 Å². The van der Waals surface area contributed by atoms with Crippen LogP contribution >= 0.6 is 0 Å². The Morgan fingerprint density at radius 3 is 2.53 bits per heavy atom. The normalized spacial score (nSPS) is 34.6. The van der Waals surface area contributed by atoms with Crippen LogP contribution in [0.4, 0.5) is 0 Å². The third kappa shape index (κ3) is 1.94. The van der Waals surface area contributed by atoms with E-state index >= 15 is 0 Å². The lowest BCUT2D eigenvalue weighted by Crippen LogP contribution is -2.67. The summed E-state index contributed by atoms with van der Waals surface area (Å²) in [6.07, 6.45) is 4.85. The van der Waals surface area contributed by atoms with Crippen LogP contribution in [0, 0.1) is 11.3 Å². The molecule has 1 heterocycles. The molecule has 1 unspecified atom stereocenters. The number of rotatable bonds is 3. The van der Waals surface area contributed by atoms with Crippen molar-refractivity contribution in [3.8, 4) is 0 Å². The van der Waals surface area contributed by atoms with E-state index in [1.165, 1.54) is 0 Å². The van der Waals surface area contributed by atoms with Gasteiger partial charge in [0.2, 0.25) is 11.8 Å². The van der Waals surface area contributed by atoms with Crippen molar-refractivity contribution in [2.75, 3.05) is 6.54 Å². The molecule has 1 aliphatic carbocycles. The van der Waals surface area contributed by atoms with Crippen molar-refractivity contribution in [3.05, 3.63) is 0 Å². The molecule has 96 valence electrons. The van der Waals surface area contributed by atoms with E-state index in [0.29, 0.717) is 6.42 Å². The first-order chi connectivity index (χ1) is 8.00. The molecule has 2 rings (SSSR count). The maximum Gasteiger partial charge on any atom is 0.240 e. The number of nitrogens with zero attached hydrogens (tertiary/aromatic N) is 1. The van der Waals surface area contributed by atoms with Crippen LogP contribution in [0.5, 0.6) is 0 Å². The molecule has 2 aliphatic rings. The predicted octanol–water partition coefficient (Wildman–Crippen LogP) is 1.29. The lowest BCUT2D eigenvalue weighted by Gasteiger charge is -2.53. The molecule has 4 heteroatoms. The fourth-order valence-corrected chi connectivity index (χ4v) is 3.19. The van der Waals surface area contributed by atoms with Gasteiger partial charge in [0.15, 0.2) is 0 Å². The van der Waals surface area contributed by atoms with Crippen molar-refractivity contribution in [2.24, 2.45) is 17.1 Å². The number of primary amides is 1. The maximum absolute atomic E-state index is 12.3. The zero-order valence-electron chi connectivity index (χ0n) is 10.7. The number of hydrogen-bond acceptors (Lipinski definition) is 2. The van der Waals surface area contributed by atoms with Crippen LogP contribution in [0.3, 0.4) is 0 Å². The van der Waals surface area contributed by atoms with Gasteiger partial charge in [-0.05, 0) is 38.0 Å². The molecule has 17 heavy (non-hydrogen) atoms. The van der Waals surface area contributed by atoms with E-state index < -0.39 is 6.04 Å². The van der Waals surface area contributed by atoms with Crippen molar-refractivity contribution in [1.29, 1.82) is 0 Å². The standard InChI is InChI=1S/C13H22N2O2/c1-3-10(11(14)16)15-8-13(12(15)17)6-4-9(2)5-7-13/h9-10H,3-8H2,1-2H3,(H2,14,16). The summed E-state index contributed by atoms with van der Waals surface area (Å²) in [7, 11) is 0. The topological polar surface area (TPSA) is 63.4 Å². The van der Waals surface area contributed by atoms with Gasteiger partial charge in [-0.2, -0.15) is 0 Å². The Kier molecular flexibility index (Phi) is 3.15. The Labute approximate surface area is 103 Å². The summed E-state index contributed by atoms with van der Waals surface area (Å²) in [4.78, 5) is 25.2. The van der Waals surface area contributed by atoms with E-state index in [4.69, 9.17) is 5.73 Å². The second-order valence-corrected chi connectivity index (χ2v) is 5.72. The second-order valence-electron chi connectivity index (χ2n) is 5.72. The van der Waals surface area contributed by atoms with E-state index in [-0.39, 0.29) is 17.2 Å². The van der Waals surface area contributed by atoms with Gasteiger partial charge in [0.05, 0.1) is 5.41 Å². The zero-order valence-corrected chi connectivity index (χ0v) is 10.7. The number of nitrogens with two attached hydrogens (primary N) is 1. The summed E-state index contributed by atoms with van der Waals surface area (Å²) in [6.45, 7) is 4.88.